The van der Waals surface area contributed by atoms with E-state index in [4.69, 9.17) is 9.84 Å². The van der Waals surface area contributed by atoms with E-state index < -0.39 is 0 Å². The summed E-state index contributed by atoms with van der Waals surface area (Å²) in [4.78, 5) is 11.3. The van der Waals surface area contributed by atoms with Crippen molar-refractivity contribution in [2.75, 3.05) is 26.4 Å². The van der Waals surface area contributed by atoms with E-state index in [9.17, 15) is 4.79 Å². The minimum Gasteiger partial charge on any atom is -0.394 e. The number of nitrogens with one attached hydrogen (secondary N) is 1. The van der Waals surface area contributed by atoms with Gasteiger partial charge < -0.3 is 15.2 Å². The van der Waals surface area contributed by atoms with Crippen LogP contribution in [0.4, 0.5) is 0 Å². The maximum absolute atomic E-state index is 11.3. The third-order valence-corrected chi connectivity index (χ3v) is 2.33. The maximum Gasteiger partial charge on any atom is 0.243 e. The molecule has 0 aromatic heterocycles. The van der Waals surface area contributed by atoms with Crippen LogP contribution < -0.4 is 5.32 Å². The third kappa shape index (κ3) is 5.54. The van der Waals surface area contributed by atoms with E-state index in [1.54, 1.807) is 6.08 Å². The maximum atomic E-state index is 11.3. The van der Waals surface area contributed by atoms with E-state index in [0.717, 1.165) is 19.3 Å². The van der Waals surface area contributed by atoms with Gasteiger partial charge in [-0.1, -0.05) is 5.57 Å². The molecule has 0 aromatic carbocycles. The molecule has 0 unspecified atom stereocenters. The number of carbonyl (C=O) groups is 1. The van der Waals surface area contributed by atoms with Gasteiger partial charge in [-0.3, -0.25) is 4.79 Å². The Morgan fingerprint density at radius 2 is 2.27 bits per heavy atom. The normalized spacial score (nSPS) is 14.6. The topological polar surface area (TPSA) is 58.6 Å². The molecule has 1 aliphatic carbocycles. The van der Waals surface area contributed by atoms with Gasteiger partial charge in [0.25, 0.3) is 0 Å². The standard InChI is InChI=1S/C11H19NO3/c13-6-8-15-7-2-5-12-11(14)9-10-3-1-4-10/h9,13H,1-8H2,(H,12,14). The first-order valence-corrected chi connectivity index (χ1v) is 5.49. The zero-order chi connectivity index (χ0) is 10.9. The van der Waals surface area contributed by atoms with Gasteiger partial charge in [0.05, 0.1) is 13.2 Å². The summed E-state index contributed by atoms with van der Waals surface area (Å²) in [5.74, 6) is 0.00635. The minimum atomic E-state index is 0.00635. The van der Waals surface area contributed by atoms with Crippen molar-refractivity contribution in [3.63, 3.8) is 0 Å². The fraction of sp³-hybridized carbons (Fsp3) is 0.727. The lowest BCUT2D eigenvalue weighted by Gasteiger charge is -2.15. The first-order chi connectivity index (χ1) is 7.33. The molecule has 0 radical (unpaired) electrons. The summed E-state index contributed by atoms with van der Waals surface area (Å²) in [7, 11) is 0. The highest BCUT2D eigenvalue weighted by Crippen LogP contribution is 2.24. The molecule has 1 saturated carbocycles. The molecule has 1 fully saturated rings. The van der Waals surface area contributed by atoms with Crippen molar-refractivity contribution in [2.24, 2.45) is 0 Å². The Kier molecular flexibility index (Phi) is 6.04. The Labute approximate surface area is 90.3 Å². The number of rotatable bonds is 7. The van der Waals surface area contributed by atoms with Gasteiger partial charge >= 0.3 is 0 Å². The molecule has 0 spiro atoms. The number of carbonyl (C=O) groups excluding carboxylic acids is 1. The lowest BCUT2D eigenvalue weighted by Crippen LogP contribution is -2.24. The van der Waals surface area contributed by atoms with Crippen molar-refractivity contribution < 1.29 is 14.6 Å². The zero-order valence-electron chi connectivity index (χ0n) is 9.00. The Hall–Kier alpha value is -0.870. The van der Waals surface area contributed by atoms with Crippen LogP contribution in [-0.4, -0.2) is 37.4 Å². The van der Waals surface area contributed by atoms with Crippen molar-refractivity contribution in [2.45, 2.75) is 25.7 Å². The molecule has 0 saturated heterocycles. The SMILES string of the molecule is O=C(C=C1CCC1)NCCCOCCO. The Morgan fingerprint density at radius 1 is 1.47 bits per heavy atom. The zero-order valence-corrected chi connectivity index (χ0v) is 9.00. The Bertz CT molecular complexity index is 220. The molecule has 4 nitrogen and oxygen atoms in total. The van der Waals surface area contributed by atoms with E-state index in [0.29, 0.717) is 19.8 Å². The second-order valence-corrected chi connectivity index (χ2v) is 3.64. The molecule has 1 aliphatic rings. The van der Waals surface area contributed by atoms with E-state index in [1.807, 2.05) is 0 Å². The van der Waals surface area contributed by atoms with Gasteiger partial charge in [0, 0.05) is 19.2 Å². The third-order valence-electron chi connectivity index (χ3n) is 2.33. The van der Waals surface area contributed by atoms with Crippen molar-refractivity contribution in [3.8, 4) is 0 Å². The summed E-state index contributed by atoms with van der Waals surface area (Å²) in [5, 5.41) is 11.2. The molecule has 1 rings (SSSR count). The van der Waals surface area contributed by atoms with Gasteiger partial charge in [-0.25, -0.2) is 0 Å². The van der Waals surface area contributed by atoms with Gasteiger partial charge in [-0.2, -0.15) is 0 Å². The molecule has 15 heavy (non-hydrogen) atoms. The summed E-state index contributed by atoms with van der Waals surface area (Å²) in [5.41, 5.74) is 1.25. The summed E-state index contributed by atoms with van der Waals surface area (Å²) in [6, 6.07) is 0. The molecule has 2 N–H and O–H groups in total. The van der Waals surface area contributed by atoms with E-state index in [1.165, 1.54) is 12.0 Å². The monoisotopic (exact) mass is 213 g/mol. The first kappa shape index (κ1) is 12.2. The van der Waals surface area contributed by atoms with Crippen molar-refractivity contribution in [3.05, 3.63) is 11.6 Å². The first-order valence-electron chi connectivity index (χ1n) is 5.49. The number of ether oxygens (including phenoxy) is 1. The number of aliphatic hydroxyl groups is 1. The van der Waals surface area contributed by atoms with Crippen molar-refractivity contribution in [1.29, 1.82) is 0 Å². The van der Waals surface area contributed by atoms with Crippen LogP contribution in [0.1, 0.15) is 25.7 Å². The molecule has 1 amide bonds. The Balaban J connectivity index is 1.92. The van der Waals surface area contributed by atoms with E-state index in [-0.39, 0.29) is 12.5 Å². The molecule has 0 atom stereocenters. The van der Waals surface area contributed by atoms with Crippen molar-refractivity contribution in [1.82, 2.24) is 5.32 Å². The highest BCUT2D eigenvalue weighted by Gasteiger charge is 2.09. The van der Waals surface area contributed by atoms with Crippen LogP contribution in [0.5, 0.6) is 0 Å². The molecular formula is C11H19NO3. The number of allylic oxidation sites excluding steroid dienone is 1. The quantitative estimate of drug-likeness (QED) is 0.481. The second-order valence-electron chi connectivity index (χ2n) is 3.64. The minimum absolute atomic E-state index is 0.00635. The smallest absolute Gasteiger partial charge is 0.243 e. The predicted octanol–water partition coefficient (Wildman–Crippen LogP) is 0.612. The molecule has 4 heteroatoms. The van der Waals surface area contributed by atoms with Gasteiger partial charge in [-0.15, -0.1) is 0 Å². The molecule has 0 heterocycles. The number of hydrogen-bond acceptors (Lipinski definition) is 3. The van der Waals surface area contributed by atoms with Gasteiger partial charge in [-0.05, 0) is 25.7 Å². The summed E-state index contributed by atoms with van der Waals surface area (Å²) < 4.78 is 5.06. The average molecular weight is 213 g/mol. The van der Waals surface area contributed by atoms with Crippen LogP contribution in [-0.2, 0) is 9.53 Å². The molecule has 0 bridgehead atoms. The summed E-state index contributed by atoms with van der Waals surface area (Å²) in [6.45, 7) is 1.64. The molecule has 0 aliphatic heterocycles. The van der Waals surface area contributed by atoms with Crippen LogP contribution in [0, 0.1) is 0 Å². The fourth-order valence-corrected chi connectivity index (χ4v) is 1.31. The molecular weight excluding hydrogens is 194 g/mol. The largest absolute Gasteiger partial charge is 0.394 e. The molecule has 86 valence electrons. The second kappa shape index (κ2) is 7.43. The van der Waals surface area contributed by atoms with Crippen LogP contribution in [0.3, 0.4) is 0 Å². The predicted molar refractivity (Wildman–Crippen MR) is 57.5 cm³/mol. The Morgan fingerprint density at radius 3 is 2.87 bits per heavy atom. The lowest BCUT2D eigenvalue weighted by molar-refractivity contribution is -0.116. The summed E-state index contributed by atoms with van der Waals surface area (Å²) in [6.07, 6.45) is 5.86. The van der Waals surface area contributed by atoms with Crippen LogP contribution >= 0.6 is 0 Å². The lowest BCUT2D eigenvalue weighted by atomic mass is 9.92. The number of amides is 1. The van der Waals surface area contributed by atoms with Gasteiger partial charge in [0.1, 0.15) is 0 Å². The van der Waals surface area contributed by atoms with Gasteiger partial charge in [0.2, 0.25) is 5.91 Å². The molecule has 0 aromatic rings. The number of hydrogen-bond donors (Lipinski definition) is 2. The van der Waals surface area contributed by atoms with Crippen LogP contribution in [0.2, 0.25) is 0 Å². The van der Waals surface area contributed by atoms with Crippen LogP contribution in [0.25, 0.3) is 0 Å². The number of aliphatic hydroxyl groups excluding tert-OH is 1. The van der Waals surface area contributed by atoms with Crippen LogP contribution in [0.15, 0.2) is 11.6 Å². The van der Waals surface area contributed by atoms with E-state index >= 15 is 0 Å². The van der Waals surface area contributed by atoms with E-state index in [2.05, 4.69) is 5.32 Å². The summed E-state index contributed by atoms with van der Waals surface area (Å²) >= 11 is 0. The van der Waals surface area contributed by atoms with Gasteiger partial charge in [0.15, 0.2) is 0 Å². The highest BCUT2D eigenvalue weighted by molar-refractivity contribution is 5.88. The fourth-order valence-electron chi connectivity index (χ4n) is 1.31. The average Bonchev–Trinajstić information content (AvgIpc) is 2.17. The van der Waals surface area contributed by atoms with Crippen molar-refractivity contribution >= 4 is 5.91 Å². The highest BCUT2D eigenvalue weighted by atomic mass is 16.5.